The van der Waals surface area contributed by atoms with Gasteiger partial charge in [-0.25, -0.2) is 0 Å². The van der Waals surface area contributed by atoms with E-state index in [0.717, 1.165) is 11.5 Å². The van der Waals surface area contributed by atoms with Gasteiger partial charge in [0.1, 0.15) is 0 Å². The van der Waals surface area contributed by atoms with E-state index in [1.54, 1.807) is 0 Å². The Kier molecular flexibility index (Phi) is 2.14. The molecule has 0 aliphatic heterocycles. The maximum atomic E-state index is 3.96. The highest BCUT2D eigenvalue weighted by Gasteiger charge is 2.25. The SMILES string of the molecule is [CH2]c1ccc(SC)c(C2CC2)c1. The van der Waals surface area contributed by atoms with E-state index < -0.39 is 0 Å². The summed E-state index contributed by atoms with van der Waals surface area (Å²) < 4.78 is 0. The third kappa shape index (κ3) is 1.51. The molecular weight excluding hydrogens is 164 g/mol. The average Bonchev–Trinajstić information content (AvgIpc) is 2.87. The second-order valence-corrected chi connectivity index (χ2v) is 4.20. The number of benzene rings is 1. The van der Waals surface area contributed by atoms with Gasteiger partial charge in [-0.3, -0.25) is 0 Å². The first kappa shape index (κ1) is 8.18. The molecule has 1 heteroatoms. The summed E-state index contributed by atoms with van der Waals surface area (Å²) in [5.41, 5.74) is 2.67. The van der Waals surface area contributed by atoms with Gasteiger partial charge < -0.3 is 0 Å². The highest BCUT2D eigenvalue weighted by molar-refractivity contribution is 7.98. The summed E-state index contributed by atoms with van der Waals surface area (Å²) in [6.07, 6.45) is 4.89. The lowest BCUT2D eigenvalue weighted by Gasteiger charge is -2.06. The van der Waals surface area contributed by atoms with E-state index in [4.69, 9.17) is 0 Å². The smallest absolute Gasteiger partial charge is 0.0104 e. The fourth-order valence-corrected chi connectivity index (χ4v) is 2.16. The van der Waals surface area contributed by atoms with Crippen molar-refractivity contribution >= 4 is 11.8 Å². The Morgan fingerprint density at radius 2 is 2.17 bits per heavy atom. The molecule has 63 valence electrons. The van der Waals surface area contributed by atoms with Gasteiger partial charge in [0.05, 0.1) is 0 Å². The molecule has 0 aromatic heterocycles. The molecule has 12 heavy (non-hydrogen) atoms. The fourth-order valence-electron chi connectivity index (χ4n) is 1.50. The minimum atomic E-state index is 0.842. The Labute approximate surface area is 78.4 Å². The van der Waals surface area contributed by atoms with Crippen LogP contribution < -0.4 is 0 Å². The molecule has 0 N–H and O–H groups in total. The van der Waals surface area contributed by atoms with Crippen molar-refractivity contribution < 1.29 is 0 Å². The van der Waals surface area contributed by atoms with Gasteiger partial charge in [-0.1, -0.05) is 12.1 Å². The molecule has 0 spiro atoms. The van der Waals surface area contributed by atoms with Crippen molar-refractivity contribution in [1.82, 2.24) is 0 Å². The van der Waals surface area contributed by atoms with E-state index in [-0.39, 0.29) is 0 Å². The molecule has 0 amide bonds. The molecule has 1 saturated carbocycles. The molecule has 1 aliphatic carbocycles. The van der Waals surface area contributed by atoms with Crippen LogP contribution in [0.1, 0.15) is 29.9 Å². The molecule has 1 aromatic rings. The summed E-state index contributed by atoms with van der Waals surface area (Å²) in [6, 6.07) is 6.53. The van der Waals surface area contributed by atoms with Gasteiger partial charge >= 0.3 is 0 Å². The Balaban J connectivity index is 2.39. The van der Waals surface area contributed by atoms with Crippen LogP contribution in [0.2, 0.25) is 0 Å². The molecule has 0 unspecified atom stereocenters. The first-order chi connectivity index (χ1) is 5.81. The molecule has 1 fully saturated rings. The normalized spacial score (nSPS) is 16.5. The molecule has 1 aliphatic rings. The first-order valence-corrected chi connectivity index (χ1v) is 5.53. The largest absolute Gasteiger partial charge is 0.129 e. The van der Waals surface area contributed by atoms with E-state index in [1.165, 1.54) is 23.3 Å². The van der Waals surface area contributed by atoms with Gasteiger partial charge in [0.2, 0.25) is 0 Å². The van der Waals surface area contributed by atoms with E-state index in [2.05, 4.69) is 31.4 Å². The van der Waals surface area contributed by atoms with Gasteiger partial charge in [0.15, 0.2) is 0 Å². The third-order valence-electron chi connectivity index (χ3n) is 2.31. The summed E-state index contributed by atoms with van der Waals surface area (Å²) in [5.74, 6) is 0.842. The van der Waals surface area contributed by atoms with E-state index in [1.807, 2.05) is 11.8 Å². The van der Waals surface area contributed by atoms with Crippen LogP contribution in [-0.4, -0.2) is 6.26 Å². The average molecular weight is 177 g/mol. The van der Waals surface area contributed by atoms with Crippen molar-refractivity contribution in [3.63, 3.8) is 0 Å². The zero-order chi connectivity index (χ0) is 8.55. The quantitative estimate of drug-likeness (QED) is 0.623. The van der Waals surface area contributed by atoms with Crippen LogP contribution in [0.4, 0.5) is 0 Å². The van der Waals surface area contributed by atoms with Crippen molar-refractivity contribution in [1.29, 1.82) is 0 Å². The first-order valence-electron chi connectivity index (χ1n) is 4.31. The molecule has 2 rings (SSSR count). The monoisotopic (exact) mass is 177 g/mol. The van der Waals surface area contributed by atoms with Crippen molar-refractivity contribution in [3.8, 4) is 0 Å². The Hall–Kier alpha value is -0.430. The number of rotatable bonds is 2. The minimum absolute atomic E-state index is 0.842. The lowest BCUT2D eigenvalue weighted by Crippen LogP contribution is -1.85. The lowest BCUT2D eigenvalue weighted by molar-refractivity contribution is 1.07. The Bertz CT molecular complexity index is 287. The maximum Gasteiger partial charge on any atom is 0.0104 e. The molecule has 0 heterocycles. The van der Waals surface area contributed by atoms with Crippen LogP contribution in [-0.2, 0) is 0 Å². The summed E-state index contributed by atoms with van der Waals surface area (Å²) in [4.78, 5) is 1.44. The predicted octanol–water partition coefficient (Wildman–Crippen LogP) is 3.47. The summed E-state index contributed by atoms with van der Waals surface area (Å²) in [5, 5.41) is 0. The standard InChI is InChI=1S/C11H13S/c1-8-3-6-11(12-2)10(7-8)9-4-5-9/h3,6-7,9H,1,4-5H2,2H3. The topological polar surface area (TPSA) is 0 Å². The van der Waals surface area contributed by atoms with Crippen LogP contribution >= 0.6 is 11.8 Å². The van der Waals surface area contributed by atoms with Gasteiger partial charge in [-0.2, -0.15) is 0 Å². The molecule has 0 bridgehead atoms. The second kappa shape index (κ2) is 3.14. The predicted molar refractivity (Wildman–Crippen MR) is 54.7 cm³/mol. The minimum Gasteiger partial charge on any atom is -0.129 e. The van der Waals surface area contributed by atoms with Crippen LogP contribution in [0.25, 0.3) is 0 Å². The molecule has 0 nitrogen and oxygen atoms in total. The van der Waals surface area contributed by atoms with E-state index in [0.29, 0.717) is 0 Å². The van der Waals surface area contributed by atoms with Gasteiger partial charge in [0.25, 0.3) is 0 Å². The van der Waals surface area contributed by atoms with Crippen LogP contribution in [0.5, 0.6) is 0 Å². The van der Waals surface area contributed by atoms with Crippen LogP contribution in [0.15, 0.2) is 23.1 Å². The highest BCUT2D eigenvalue weighted by Crippen LogP contribution is 2.44. The lowest BCUT2D eigenvalue weighted by atomic mass is 10.1. The molecule has 1 radical (unpaired) electrons. The summed E-state index contributed by atoms with van der Waals surface area (Å²) in [7, 11) is 0. The molecule has 1 aromatic carbocycles. The number of hydrogen-bond acceptors (Lipinski definition) is 1. The van der Waals surface area contributed by atoms with Gasteiger partial charge in [0, 0.05) is 4.90 Å². The maximum absolute atomic E-state index is 3.96. The number of hydrogen-bond donors (Lipinski definition) is 0. The molecule has 0 atom stereocenters. The molecular formula is C11H13S. The number of thioether (sulfide) groups is 1. The highest BCUT2D eigenvalue weighted by atomic mass is 32.2. The second-order valence-electron chi connectivity index (χ2n) is 3.35. The van der Waals surface area contributed by atoms with Gasteiger partial charge in [-0.05, 0) is 49.1 Å². The summed E-state index contributed by atoms with van der Waals surface area (Å²) in [6.45, 7) is 3.96. The zero-order valence-corrected chi connectivity index (χ0v) is 8.16. The molecule has 0 saturated heterocycles. The van der Waals surface area contributed by atoms with E-state index in [9.17, 15) is 0 Å². The fraction of sp³-hybridized carbons (Fsp3) is 0.364. The Morgan fingerprint density at radius 1 is 1.42 bits per heavy atom. The van der Waals surface area contributed by atoms with Crippen molar-refractivity contribution in [2.75, 3.05) is 6.26 Å². The zero-order valence-electron chi connectivity index (χ0n) is 7.34. The van der Waals surface area contributed by atoms with E-state index >= 15 is 0 Å². The van der Waals surface area contributed by atoms with Crippen LogP contribution in [0, 0.1) is 6.92 Å². The third-order valence-corrected chi connectivity index (χ3v) is 3.12. The van der Waals surface area contributed by atoms with Crippen molar-refractivity contribution in [2.24, 2.45) is 0 Å². The summed E-state index contributed by atoms with van der Waals surface area (Å²) >= 11 is 1.84. The van der Waals surface area contributed by atoms with Gasteiger partial charge in [-0.15, -0.1) is 11.8 Å². The van der Waals surface area contributed by atoms with Crippen molar-refractivity contribution in [2.45, 2.75) is 23.7 Å². The van der Waals surface area contributed by atoms with Crippen molar-refractivity contribution in [3.05, 3.63) is 36.2 Å². The Morgan fingerprint density at radius 3 is 2.75 bits per heavy atom. The van der Waals surface area contributed by atoms with Crippen LogP contribution in [0.3, 0.4) is 0 Å².